The highest BCUT2D eigenvalue weighted by atomic mass is 32.2. The minimum absolute atomic E-state index is 0.214. The predicted octanol–water partition coefficient (Wildman–Crippen LogP) is 1.90. The molecule has 0 aliphatic carbocycles. The molecule has 1 fully saturated rings. The van der Waals surface area contributed by atoms with Gasteiger partial charge in [0.15, 0.2) is 20.1 Å². The average molecular weight is 594 g/mol. The quantitative estimate of drug-likeness (QED) is 0.298. The lowest BCUT2D eigenvalue weighted by atomic mass is 9.89. The standard InChI is InChI=1S/C26H35N3O9SSi/c1-16-13-29(24(32)28(5)21(16)30)22-20(37-40(6,7)25(2,3)4)26(18(27)15-39(33,34)38-26)19(36-22)14-35-23(31)17-11-9-8-10-12-17/h8-13,15,19-20,22H,14,27H2,1-7H3/t19?,20-,22+,26?/m0/s1. The second-order valence-corrected chi connectivity index (χ2v) is 17.7. The largest absolute Gasteiger partial charge is 0.459 e. The van der Waals surface area contributed by atoms with E-state index in [-0.39, 0.29) is 21.9 Å². The lowest BCUT2D eigenvalue weighted by Gasteiger charge is -2.43. The molecule has 40 heavy (non-hydrogen) atoms. The molecule has 1 aromatic heterocycles. The Balaban J connectivity index is 1.87. The van der Waals surface area contributed by atoms with Gasteiger partial charge in [-0.3, -0.25) is 13.9 Å². The van der Waals surface area contributed by atoms with E-state index in [9.17, 15) is 22.8 Å². The summed E-state index contributed by atoms with van der Waals surface area (Å²) in [6, 6.07) is 8.22. The number of rotatable bonds is 6. The van der Waals surface area contributed by atoms with E-state index >= 15 is 0 Å². The number of aryl methyl sites for hydroxylation is 1. The van der Waals surface area contributed by atoms with Gasteiger partial charge in [-0.05, 0) is 37.2 Å². The Labute approximate surface area is 233 Å². The fourth-order valence-corrected chi connectivity index (χ4v) is 7.05. The molecule has 4 atom stereocenters. The fraction of sp³-hybridized carbons (Fsp3) is 0.500. The molecule has 4 rings (SSSR count). The van der Waals surface area contributed by atoms with E-state index in [1.54, 1.807) is 30.3 Å². The average Bonchev–Trinajstić information content (AvgIpc) is 3.29. The van der Waals surface area contributed by atoms with E-state index in [0.717, 1.165) is 14.5 Å². The summed E-state index contributed by atoms with van der Waals surface area (Å²) in [5, 5.41) is 0.429. The summed E-state index contributed by atoms with van der Waals surface area (Å²) in [6.07, 6.45) is -2.52. The maximum absolute atomic E-state index is 13.3. The van der Waals surface area contributed by atoms with Crippen LogP contribution in [0, 0.1) is 6.92 Å². The topological polar surface area (TPSA) is 158 Å². The van der Waals surface area contributed by atoms with Crippen molar-refractivity contribution in [1.82, 2.24) is 9.13 Å². The first kappa shape index (κ1) is 29.9. The van der Waals surface area contributed by atoms with Crippen molar-refractivity contribution < 1.29 is 31.3 Å². The second kappa shape index (κ2) is 10.1. The van der Waals surface area contributed by atoms with E-state index in [1.807, 2.05) is 33.9 Å². The van der Waals surface area contributed by atoms with Crippen molar-refractivity contribution in [2.75, 3.05) is 6.61 Å². The Bertz CT molecular complexity index is 1570. The van der Waals surface area contributed by atoms with E-state index in [1.165, 1.54) is 20.2 Å². The molecule has 2 aliphatic heterocycles. The van der Waals surface area contributed by atoms with Gasteiger partial charge in [-0.15, -0.1) is 0 Å². The molecule has 12 nitrogen and oxygen atoms in total. The molecule has 2 unspecified atom stereocenters. The fourth-order valence-electron chi connectivity index (χ4n) is 4.55. The van der Waals surface area contributed by atoms with E-state index in [2.05, 4.69) is 0 Å². The molecule has 14 heteroatoms. The van der Waals surface area contributed by atoms with Crippen LogP contribution in [0.4, 0.5) is 0 Å². The van der Waals surface area contributed by atoms with Crippen LogP contribution in [0.25, 0.3) is 0 Å². The van der Waals surface area contributed by atoms with Crippen molar-refractivity contribution in [3.05, 3.63) is 79.6 Å². The minimum atomic E-state index is -4.29. The molecule has 1 aromatic carbocycles. The third kappa shape index (κ3) is 5.09. The molecule has 1 saturated heterocycles. The Morgan fingerprint density at radius 3 is 2.35 bits per heavy atom. The summed E-state index contributed by atoms with van der Waals surface area (Å²) in [6.45, 7) is 10.9. The highest BCUT2D eigenvalue weighted by molar-refractivity contribution is 7.90. The monoisotopic (exact) mass is 593 g/mol. The van der Waals surface area contributed by atoms with Crippen LogP contribution in [0.5, 0.6) is 0 Å². The van der Waals surface area contributed by atoms with Gasteiger partial charge in [0.1, 0.15) is 18.8 Å². The number of ether oxygens (including phenoxy) is 2. The van der Waals surface area contributed by atoms with Crippen LogP contribution in [0.2, 0.25) is 18.1 Å². The Morgan fingerprint density at radius 1 is 1.18 bits per heavy atom. The number of hydrogen-bond acceptors (Lipinski definition) is 10. The van der Waals surface area contributed by atoms with Crippen LogP contribution in [-0.2, 0) is 35.2 Å². The van der Waals surface area contributed by atoms with E-state index < -0.39 is 66.3 Å². The van der Waals surface area contributed by atoms with Gasteiger partial charge in [0.25, 0.3) is 15.7 Å². The van der Waals surface area contributed by atoms with Gasteiger partial charge >= 0.3 is 11.7 Å². The number of nitrogens with two attached hydrogens (primary N) is 1. The van der Waals surface area contributed by atoms with Crippen molar-refractivity contribution >= 4 is 24.4 Å². The summed E-state index contributed by atoms with van der Waals surface area (Å²) in [5.74, 6) is -0.678. The highest BCUT2D eigenvalue weighted by Gasteiger charge is 2.67. The molecule has 218 valence electrons. The van der Waals surface area contributed by atoms with Gasteiger partial charge < -0.3 is 19.6 Å². The van der Waals surface area contributed by atoms with E-state index in [0.29, 0.717) is 0 Å². The number of aromatic nitrogens is 2. The minimum Gasteiger partial charge on any atom is -0.459 e. The van der Waals surface area contributed by atoms with Crippen LogP contribution in [0.1, 0.15) is 42.9 Å². The first-order valence-electron chi connectivity index (χ1n) is 12.7. The summed E-state index contributed by atoms with van der Waals surface area (Å²) in [4.78, 5) is 38.6. The van der Waals surface area contributed by atoms with Gasteiger partial charge in [0.05, 0.1) is 16.7 Å². The highest BCUT2D eigenvalue weighted by Crippen LogP contribution is 2.51. The number of carbonyl (C=O) groups excluding carboxylic acids is 1. The van der Waals surface area contributed by atoms with Gasteiger partial charge in [-0.1, -0.05) is 39.0 Å². The summed E-state index contributed by atoms with van der Waals surface area (Å²) >= 11 is 0. The summed E-state index contributed by atoms with van der Waals surface area (Å²) < 4.78 is 51.9. The van der Waals surface area contributed by atoms with E-state index in [4.69, 9.17) is 23.8 Å². The molecular weight excluding hydrogens is 558 g/mol. The molecular formula is C26H35N3O9SSi. The molecule has 3 heterocycles. The van der Waals surface area contributed by atoms with Gasteiger partial charge in [0, 0.05) is 18.8 Å². The molecule has 0 saturated carbocycles. The Morgan fingerprint density at radius 2 is 1.80 bits per heavy atom. The van der Waals surface area contributed by atoms with Crippen molar-refractivity contribution in [3.8, 4) is 0 Å². The normalized spacial score (nSPS) is 26.2. The van der Waals surface area contributed by atoms with Crippen molar-refractivity contribution in [1.29, 1.82) is 0 Å². The number of carbonyl (C=O) groups is 1. The zero-order valence-electron chi connectivity index (χ0n) is 23.5. The molecule has 0 amide bonds. The maximum atomic E-state index is 13.3. The Kier molecular flexibility index (Phi) is 7.56. The first-order chi connectivity index (χ1) is 18.4. The SMILES string of the molecule is Cc1cn([C@@H]2OC(COC(=O)c3ccccc3)C3(OS(=O)(=O)C=C3N)[C@H]2O[Si](C)(C)C(C)(C)C)c(=O)n(C)c1=O. The second-order valence-electron chi connectivity index (χ2n) is 11.6. The van der Waals surface area contributed by atoms with Crippen LogP contribution >= 0.6 is 0 Å². The van der Waals surface area contributed by atoms with Crippen molar-refractivity contribution in [2.45, 2.75) is 69.9 Å². The third-order valence-corrected chi connectivity index (χ3v) is 13.3. The van der Waals surface area contributed by atoms with Gasteiger partial charge in [-0.25, -0.2) is 13.8 Å². The van der Waals surface area contributed by atoms with Crippen LogP contribution in [0.3, 0.4) is 0 Å². The number of esters is 1. The number of nitrogens with zero attached hydrogens (tertiary/aromatic N) is 2. The lowest BCUT2D eigenvalue weighted by Crippen LogP contribution is -2.59. The third-order valence-electron chi connectivity index (χ3n) is 7.80. The van der Waals surface area contributed by atoms with Crippen LogP contribution < -0.4 is 17.0 Å². The maximum Gasteiger partial charge on any atom is 0.338 e. The zero-order chi connectivity index (χ0) is 29.8. The van der Waals surface area contributed by atoms with Gasteiger partial charge in [0.2, 0.25) is 0 Å². The first-order valence-corrected chi connectivity index (χ1v) is 17.1. The van der Waals surface area contributed by atoms with Crippen LogP contribution in [-0.4, -0.2) is 56.3 Å². The molecule has 0 bridgehead atoms. The molecule has 2 aliphatic rings. The van der Waals surface area contributed by atoms with Gasteiger partial charge in [-0.2, -0.15) is 8.42 Å². The van der Waals surface area contributed by atoms with Crippen molar-refractivity contribution in [3.63, 3.8) is 0 Å². The smallest absolute Gasteiger partial charge is 0.338 e. The Hall–Kier alpha value is -3.04. The predicted molar refractivity (Wildman–Crippen MR) is 148 cm³/mol. The molecule has 0 radical (unpaired) electrons. The number of benzene rings is 1. The molecule has 2 N–H and O–H groups in total. The molecule has 1 spiro atoms. The summed E-state index contributed by atoms with van der Waals surface area (Å²) in [5.41, 5.74) is 3.50. The summed E-state index contributed by atoms with van der Waals surface area (Å²) in [7, 11) is -5.69. The van der Waals surface area contributed by atoms with Crippen LogP contribution in [0.15, 0.2) is 57.2 Å². The zero-order valence-corrected chi connectivity index (χ0v) is 25.4. The number of hydrogen-bond donors (Lipinski definition) is 1. The van der Waals surface area contributed by atoms with Crippen molar-refractivity contribution in [2.24, 2.45) is 12.8 Å². The molecule has 2 aromatic rings. The lowest BCUT2D eigenvalue weighted by molar-refractivity contribution is -0.0649.